The summed E-state index contributed by atoms with van der Waals surface area (Å²) in [6.07, 6.45) is 10.1. The summed E-state index contributed by atoms with van der Waals surface area (Å²) in [6, 6.07) is 4.26. The lowest BCUT2D eigenvalue weighted by Gasteiger charge is -2.45. The van der Waals surface area contributed by atoms with Crippen molar-refractivity contribution in [3.05, 3.63) is 39.2 Å². The number of nitrogens with one attached hydrogen (secondary N) is 1. The van der Waals surface area contributed by atoms with E-state index in [1.807, 2.05) is 18.5 Å². The molecule has 144 valence electrons. The third kappa shape index (κ3) is 3.58. The first-order chi connectivity index (χ1) is 13.7. The van der Waals surface area contributed by atoms with Crippen molar-refractivity contribution < 1.29 is 4.79 Å². The maximum absolute atomic E-state index is 12.8. The summed E-state index contributed by atoms with van der Waals surface area (Å²) in [5.74, 6) is 7.00. The molecule has 3 fully saturated rings. The Bertz CT molecular complexity index is 1040. The van der Waals surface area contributed by atoms with Crippen LogP contribution in [0.3, 0.4) is 0 Å². The van der Waals surface area contributed by atoms with Gasteiger partial charge in [0, 0.05) is 47.5 Å². The molecular formula is C21H23N5OS. The highest BCUT2D eigenvalue weighted by Crippen LogP contribution is 2.27. The molecule has 2 aromatic rings. The van der Waals surface area contributed by atoms with Gasteiger partial charge in [-0.25, -0.2) is 4.79 Å². The van der Waals surface area contributed by atoms with Crippen LogP contribution in [0.1, 0.15) is 17.7 Å². The maximum Gasteiger partial charge on any atom is 0.321 e. The van der Waals surface area contributed by atoms with Crippen LogP contribution in [-0.2, 0) is 6.54 Å². The van der Waals surface area contributed by atoms with Gasteiger partial charge in [0.05, 0.1) is 4.88 Å². The van der Waals surface area contributed by atoms with E-state index in [9.17, 15) is 4.79 Å². The van der Waals surface area contributed by atoms with Gasteiger partial charge in [-0.2, -0.15) is 5.10 Å². The molecule has 28 heavy (non-hydrogen) atoms. The normalized spacial score (nSPS) is 25.1. The molecule has 6 nitrogen and oxygen atoms in total. The zero-order valence-corrected chi connectivity index (χ0v) is 16.5. The first-order valence-electron chi connectivity index (χ1n) is 9.82. The van der Waals surface area contributed by atoms with Gasteiger partial charge in [-0.1, -0.05) is 11.8 Å². The molecule has 3 saturated heterocycles. The number of hydrogen-bond donors (Lipinski definition) is 1. The predicted octanol–water partition coefficient (Wildman–Crippen LogP) is 0.634. The van der Waals surface area contributed by atoms with E-state index < -0.39 is 0 Å². The molecular weight excluding hydrogens is 370 g/mol. The second-order valence-electron chi connectivity index (χ2n) is 7.62. The van der Waals surface area contributed by atoms with Crippen LogP contribution >= 0.6 is 11.3 Å². The number of nitrogens with zero attached hydrogens (tertiary/aromatic N) is 4. The molecule has 2 amide bonds. The molecule has 1 atom stereocenters. The molecule has 0 radical (unpaired) electrons. The van der Waals surface area contributed by atoms with Gasteiger partial charge in [0.2, 0.25) is 0 Å². The van der Waals surface area contributed by atoms with Crippen LogP contribution in [0.25, 0.3) is 12.3 Å². The Hall–Kier alpha value is -2.56. The first kappa shape index (κ1) is 17.5. The summed E-state index contributed by atoms with van der Waals surface area (Å²) < 4.78 is 2.99. The van der Waals surface area contributed by atoms with E-state index in [1.165, 1.54) is 30.5 Å². The predicted molar refractivity (Wildman–Crippen MR) is 110 cm³/mol. The Kier molecular flexibility index (Phi) is 4.67. The fourth-order valence-electron chi connectivity index (χ4n) is 4.26. The summed E-state index contributed by atoms with van der Waals surface area (Å²) >= 11 is 1.68. The highest BCUT2D eigenvalue weighted by atomic mass is 32.1. The van der Waals surface area contributed by atoms with Crippen molar-refractivity contribution in [2.45, 2.75) is 25.4 Å². The lowest BCUT2D eigenvalue weighted by molar-refractivity contribution is 0.0750. The highest BCUT2D eigenvalue weighted by Gasteiger charge is 2.35. The van der Waals surface area contributed by atoms with Gasteiger partial charge in [0.25, 0.3) is 0 Å². The van der Waals surface area contributed by atoms with Gasteiger partial charge in [-0.05, 0) is 50.1 Å². The van der Waals surface area contributed by atoms with Gasteiger partial charge >= 0.3 is 6.03 Å². The van der Waals surface area contributed by atoms with Crippen molar-refractivity contribution in [2.24, 2.45) is 5.92 Å². The lowest BCUT2D eigenvalue weighted by Crippen LogP contribution is -2.59. The SMILES string of the molecule is O=C(N[C@H]1CN2CCC1CC2)N1C=c2cc(C#CCn3cccn3)sc2=CC1. The Morgan fingerprint density at radius 3 is 3.00 bits per heavy atom. The van der Waals surface area contributed by atoms with Crippen LogP contribution in [0.5, 0.6) is 0 Å². The number of thiophene rings is 1. The number of urea groups is 1. The van der Waals surface area contributed by atoms with E-state index in [0.29, 0.717) is 19.0 Å². The molecule has 1 N–H and O–H groups in total. The minimum Gasteiger partial charge on any atom is -0.333 e. The standard InChI is InChI=1S/C21H23N5OS/c27-21(23-19-15-24-10-4-16(19)5-11-24)25-12-6-20-17(14-25)13-18(28-20)3-1-8-26-9-2-7-22-26/h2,6-7,9,13-14,16,19H,4-5,8,10-12,15H2,(H,23,27)/t19-/m0/s1. The number of piperidine rings is 3. The van der Waals surface area contributed by atoms with Crippen molar-refractivity contribution in [1.82, 2.24) is 24.9 Å². The Morgan fingerprint density at radius 1 is 1.36 bits per heavy atom. The van der Waals surface area contributed by atoms with Crippen LogP contribution in [0.15, 0.2) is 24.5 Å². The molecule has 0 aromatic carbocycles. The van der Waals surface area contributed by atoms with Crippen molar-refractivity contribution in [3.63, 3.8) is 0 Å². The average molecular weight is 394 g/mol. The van der Waals surface area contributed by atoms with E-state index in [-0.39, 0.29) is 12.1 Å². The molecule has 0 saturated carbocycles. The van der Waals surface area contributed by atoms with Crippen molar-refractivity contribution >= 4 is 29.6 Å². The van der Waals surface area contributed by atoms with Crippen molar-refractivity contribution in [1.29, 1.82) is 0 Å². The third-order valence-electron chi connectivity index (χ3n) is 5.80. The minimum atomic E-state index is 0.0122. The molecule has 0 aliphatic carbocycles. The second-order valence-corrected chi connectivity index (χ2v) is 8.70. The van der Waals surface area contributed by atoms with E-state index in [0.717, 1.165) is 16.6 Å². The third-order valence-corrected chi connectivity index (χ3v) is 6.86. The Balaban J connectivity index is 1.26. The summed E-state index contributed by atoms with van der Waals surface area (Å²) in [7, 11) is 0. The average Bonchev–Trinajstić information content (AvgIpc) is 3.37. The number of hydrogen-bond acceptors (Lipinski definition) is 4. The summed E-state index contributed by atoms with van der Waals surface area (Å²) in [4.78, 5) is 18.0. The fraction of sp³-hybridized carbons (Fsp3) is 0.429. The minimum absolute atomic E-state index is 0.0122. The van der Waals surface area contributed by atoms with Crippen molar-refractivity contribution in [2.75, 3.05) is 26.2 Å². The number of rotatable bonds is 2. The van der Waals surface area contributed by atoms with Crippen LogP contribution < -0.4 is 15.1 Å². The monoisotopic (exact) mass is 393 g/mol. The molecule has 4 aliphatic heterocycles. The van der Waals surface area contributed by atoms with Crippen LogP contribution in [0, 0.1) is 17.8 Å². The smallest absolute Gasteiger partial charge is 0.321 e. The lowest BCUT2D eigenvalue weighted by atomic mass is 9.84. The molecule has 0 unspecified atom stereocenters. The molecule has 4 aliphatic rings. The summed E-state index contributed by atoms with van der Waals surface area (Å²) in [5.41, 5.74) is 0. The zero-order valence-electron chi connectivity index (χ0n) is 15.7. The zero-order chi connectivity index (χ0) is 18.9. The van der Waals surface area contributed by atoms with E-state index in [2.05, 4.69) is 39.3 Å². The summed E-state index contributed by atoms with van der Waals surface area (Å²) in [6.45, 7) is 4.55. The number of fused-ring (bicyclic) bond motifs is 4. The van der Waals surface area contributed by atoms with E-state index in [4.69, 9.17) is 0 Å². The largest absolute Gasteiger partial charge is 0.333 e. The van der Waals surface area contributed by atoms with Gasteiger partial charge < -0.3 is 10.2 Å². The molecule has 6 rings (SSSR count). The first-order valence-corrected chi connectivity index (χ1v) is 10.6. The van der Waals surface area contributed by atoms with Crippen LogP contribution in [0.4, 0.5) is 4.79 Å². The molecule has 6 heterocycles. The van der Waals surface area contributed by atoms with Crippen LogP contribution in [-0.4, -0.2) is 57.8 Å². The molecule has 2 bridgehead atoms. The number of carbonyl (C=O) groups is 1. The van der Waals surface area contributed by atoms with E-state index in [1.54, 1.807) is 27.1 Å². The number of aromatic nitrogens is 2. The molecule has 0 spiro atoms. The van der Waals surface area contributed by atoms with Gasteiger partial charge in [-0.3, -0.25) is 9.58 Å². The second kappa shape index (κ2) is 7.46. The Labute approximate surface area is 168 Å². The maximum atomic E-state index is 12.8. The summed E-state index contributed by atoms with van der Waals surface area (Å²) in [5, 5.41) is 8.50. The van der Waals surface area contributed by atoms with Gasteiger partial charge in [-0.15, -0.1) is 11.3 Å². The van der Waals surface area contributed by atoms with E-state index >= 15 is 0 Å². The van der Waals surface area contributed by atoms with Crippen molar-refractivity contribution in [3.8, 4) is 11.8 Å². The fourth-order valence-corrected chi connectivity index (χ4v) is 5.19. The highest BCUT2D eigenvalue weighted by molar-refractivity contribution is 7.10. The quantitative estimate of drug-likeness (QED) is 0.762. The Morgan fingerprint density at radius 2 is 2.25 bits per heavy atom. The molecule has 7 heteroatoms. The van der Waals surface area contributed by atoms with Gasteiger partial charge in [0.15, 0.2) is 0 Å². The topological polar surface area (TPSA) is 53.4 Å². The van der Waals surface area contributed by atoms with Crippen LogP contribution in [0.2, 0.25) is 0 Å². The number of amides is 2. The number of carbonyl (C=O) groups excluding carboxylic acids is 1. The molecule has 2 aromatic heterocycles. The van der Waals surface area contributed by atoms with Gasteiger partial charge in [0.1, 0.15) is 6.54 Å².